The Morgan fingerprint density at radius 3 is 1.46 bits per heavy atom. The van der Waals surface area contributed by atoms with Gasteiger partial charge in [0.1, 0.15) is 24.6 Å². The second kappa shape index (κ2) is 16.5. The monoisotopic (exact) mass is 670 g/mol. The summed E-state index contributed by atoms with van der Waals surface area (Å²) in [5.41, 5.74) is 14.7. The Bertz CT molecular complexity index is 1570. The average molecular weight is 672 g/mol. The first-order valence-corrected chi connectivity index (χ1v) is 14.6. The van der Waals surface area contributed by atoms with Crippen molar-refractivity contribution < 1.29 is 28.5 Å². The number of benzene rings is 2. The molecule has 0 aliphatic carbocycles. The quantitative estimate of drug-likeness (QED) is 0.133. The number of amides is 2. The van der Waals surface area contributed by atoms with Crippen molar-refractivity contribution in [3.05, 3.63) is 70.2 Å². The molecule has 0 saturated heterocycles. The number of carbonyl (C=O) groups is 2. The van der Waals surface area contributed by atoms with Gasteiger partial charge < -0.3 is 41.0 Å². The minimum Gasteiger partial charge on any atom is -0.480 e. The van der Waals surface area contributed by atoms with Gasteiger partial charge in [-0.1, -0.05) is 59.6 Å². The molecule has 0 bridgehead atoms. The molecule has 2 aromatic carbocycles. The van der Waals surface area contributed by atoms with Crippen molar-refractivity contribution in [1.29, 1.82) is 0 Å². The SMILES string of the molecule is COc1nc(-c2cccc(-c3cccc(-c4cnc(CNCCOC(N)=O)c(OC)n4)c3Cl)c2Cl)cnc1CNCCOC(N)=O. The molecule has 46 heavy (non-hydrogen) atoms. The van der Waals surface area contributed by atoms with Gasteiger partial charge in [-0.2, -0.15) is 0 Å². The fourth-order valence-corrected chi connectivity index (χ4v) is 5.01. The number of aromatic nitrogens is 4. The molecular weight excluding hydrogens is 639 g/mol. The summed E-state index contributed by atoms with van der Waals surface area (Å²) in [5.74, 6) is 0.625. The number of hydrogen-bond donors (Lipinski definition) is 4. The molecule has 242 valence electrons. The van der Waals surface area contributed by atoms with Gasteiger partial charge in [-0.25, -0.2) is 19.6 Å². The van der Waals surface area contributed by atoms with Gasteiger partial charge in [0, 0.05) is 48.4 Å². The van der Waals surface area contributed by atoms with Crippen molar-refractivity contribution in [3.63, 3.8) is 0 Å². The highest BCUT2D eigenvalue weighted by Crippen LogP contribution is 2.42. The average Bonchev–Trinajstić information content (AvgIpc) is 3.04. The predicted molar refractivity (Wildman–Crippen MR) is 172 cm³/mol. The van der Waals surface area contributed by atoms with Gasteiger partial charge in [0.2, 0.25) is 11.8 Å². The van der Waals surface area contributed by atoms with Crippen LogP contribution in [0.2, 0.25) is 10.0 Å². The maximum atomic E-state index is 10.7. The van der Waals surface area contributed by atoms with E-state index < -0.39 is 12.2 Å². The van der Waals surface area contributed by atoms with Crippen LogP contribution in [0.1, 0.15) is 11.4 Å². The van der Waals surface area contributed by atoms with Gasteiger partial charge in [-0.05, 0) is 0 Å². The lowest BCUT2D eigenvalue weighted by atomic mass is 9.98. The molecule has 0 aliphatic rings. The highest BCUT2D eigenvalue weighted by Gasteiger charge is 2.19. The molecule has 4 rings (SSSR count). The molecule has 0 radical (unpaired) electrons. The van der Waals surface area contributed by atoms with Crippen molar-refractivity contribution in [1.82, 2.24) is 30.6 Å². The number of methoxy groups -OCH3 is 2. The van der Waals surface area contributed by atoms with E-state index in [4.69, 9.17) is 53.6 Å². The molecule has 2 heterocycles. The summed E-state index contributed by atoms with van der Waals surface area (Å²) >= 11 is 13.9. The molecule has 2 aromatic heterocycles. The van der Waals surface area contributed by atoms with Crippen LogP contribution >= 0.6 is 23.2 Å². The number of hydrogen-bond acceptors (Lipinski definition) is 12. The zero-order valence-electron chi connectivity index (χ0n) is 25.0. The van der Waals surface area contributed by atoms with Gasteiger partial charge in [0.05, 0.1) is 48.0 Å². The molecule has 4 aromatic rings. The highest BCUT2D eigenvalue weighted by atomic mass is 35.5. The number of nitrogens with zero attached hydrogens (tertiary/aromatic N) is 4. The number of rotatable bonds is 15. The van der Waals surface area contributed by atoms with Crippen LogP contribution in [0.25, 0.3) is 33.6 Å². The van der Waals surface area contributed by atoms with E-state index in [1.165, 1.54) is 14.2 Å². The Hall–Kier alpha value is -4.76. The standard InChI is InChI=1S/C30H32Cl2N8O6/c1-43-27-23(13-35-9-11-45-29(33)41)37-15-21(39-27)19-7-3-5-17(25(19)31)18-6-4-8-20(26(18)32)22-16-38-24(28(40-22)44-2)14-36-10-12-46-30(34)42/h3-8,15-16,35-36H,9-14H2,1-2H3,(H2,33,41)(H2,34,42). The third-order valence-electron chi connectivity index (χ3n) is 6.48. The number of nitrogens with two attached hydrogens (primary N) is 2. The molecule has 0 atom stereocenters. The summed E-state index contributed by atoms with van der Waals surface area (Å²) in [7, 11) is 3.00. The van der Waals surface area contributed by atoms with Crippen LogP contribution < -0.4 is 31.6 Å². The molecular formula is C30H32Cl2N8O6. The first-order chi connectivity index (χ1) is 22.2. The van der Waals surface area contributed by atoms with Gasteiger partial charge >= 0.3 is 12.2 Å². The Morgan fingerprint density at radius 1 is 0.696 bits per heavy atom. The topological polar surface area (TPSA) is 199 Å². The van der Waals surface area contributed by atoms with Crippen molar-refractivity contribution in [3.8, 4) is 45.4 Å². The van der Waals surface area contributed by atoms with Crippen molar-refractivity contribution in [2.45, 2.75) is 13.1 Å². The third kappa shape index (κ3) is 8.69. The van der Waals surface area contributed by atoms with E-state index in [1.54, 1.807) is 12.4 Å². The van der Waals surface area contributed by atoms with E-state index in [9.17, 15) is 9.59 Å². The molecule has 2 amide bonds. The second-order valence-electron chi connectivity index (χ2n) is 9.45. The number of carbonyl (C=O) groups excluding carboxylic acids is 2. The van der Waals surface area contributed by atoms with Crippen LogP contribution in [0.3, 0.4) is 0 Å². The number of nitrogens with one attached hydrogen (secondary N) is 2. The van der Waals surface area contributed by atoms with E-state index in [0.717, 1.165) is 0 Å². The van der Waals surface area contributed by atoms with Crippen molar-refractivity contribution >= 4 is 35.4 Å². The minimum absolute atomic E-state index is 0.120. The fourth-order valence-electron chi connectivity index (χ4n) is 4.36. The Kier molecular flexibility index (Phi) is 12.3. The normalized spacial score (nSPS) is 10.8. The number of halogens is 2. The lowest BCUT2D eigenvalue weighted by Gasteiger charge is -2.15. The molecule has 0 spiro atoms. The maximum Gasteiger partial charge on any atom is 0.404 e. The lowest BCUT2D eigenvalue weighted by molar-refractivity contribution is 0.156. The molecule has 0 fully saturated rings. The summed E-state index contributed by atoms with van der Waals surface area (Å²) < 4.78 is 20.4. The minimum atomic E-state index is -0.838. The number of primary amides is 2. The lowest BCUT2D eigenvalue weighted by Crippen LogP contribution is -2.24. The van der Waals surface area contributed by atoms with Crippen LogP contribution in [0.15, 0.2) is 48.8 Å². The first kappa shape index (κ1) is 34.1. The van der Waals surface area contributed by atoms with Gasteiger partial charge in [-0.3, -0.25) is 9.97 Å². The van der Waals surface area contributed by atoms with Crippen LogP contribution in [-0.2, 0) is 22.6 Å². The predicted octanol–water partition coefficient (Wildman–Crippen LogP) is 3.96. The highest BCUT2D eigenvalue weighted by molar-refractivity contribution is 6.39. The molecule has 0 saturated carbocycles. The fraction of sp³-hybridized carbons (Fsp3) is 0.267. The summed E-state index contributed by atoms with van der Waals surface area (Å²) in [6.45, 7) is 1.64. The number of ether oxygens (including phenoxy) is 4. The van der Waals surface area contributed by atoms with Crippen molar-refractivity contribution in [2.24, 2.45) is 11.5 Å². The summed E-state index contributed by atoms with van der Waals surface area (Å²) in [6.07, 6.45) is 1.53. The van der Waals surface area contributed by atoms with Gasteiger partial charge in [-0.15, -0.1) is 0 Å². The molecule has 0 unspecified atom stereocenters. The smallest absolute Gasteiger partial charge is 0.404 e. The van der Waals surface area contributed by atoms with E-state index in [-0.39, 0.29) is 13.2 Å². The summed E-state index contributed by atoms with van der Waals surface area (Å²) in [5, 5.41) is 7.01. The zero-order chi connectivity index (χ0) is 33.1. The van der Waals surface area contributed by atoms with E-state index in [1.807, 2.05) is 36.4 Å². The molecule has 0 aliphatic heterocycles. The van der Waals surface area contributed by atoms with Gasteiger partial charge in [0.15, 0.2) is 0 Å². The summed E-state index contributed by atoms with van der Waals surface area (Å²) in [6, 6.07) is 11.1. The summed E-state index contributed by atoms with van der Waals surface area (Å²) in [4.78, 5) is 39.7. The van der Waals surface area contributed by atoms with Crippen LogP contribution in [0.5, 0.6) is 11.8 Å². The van der Waals surface area contributed by atoms with E-state index >= 15 is 0 Å². The van der Waals surface area contributed by atoms with Crippen molar-refractivity contribution in [2.75, 3.05) is 40.5 Å². The van der Waals surface area contributed by atoms with Gasteiger partial charge in [0.25, 0.3) is 0 Å². The Labute approximate surface area is 274 Å². The van der Waals surface area contributed by atoms with E-state index in [2.05, 4.69) is 30.6 Å². The van der Waals surface area contributed by atoms with Crippen LogP contribution in [0.4, 0.5) is 9.59 Å². The molecule has 6 N–H and O–H groups in total. The molecule has 16 heteroatoms. The maximum absolute atomic E-state index is 10.7. The van der Waals surface area contributed by atoms with Crippen LogP contribution in [0, 0.1) is 0 Å². The Morgan fingerprint density at radius 2 is 1.09 bits per heavy atom. The first-order valence-electron chi connectivity index (χ1n) is 13.9. The largest absolute Gasteiger partial charge is 0.480 e. The Balaban J connectivity index is 1.57. The van der Waals surface area contributed by atoms with E-state index in [0.29, 0.717) is 93.0 Å². The second-order valence-corrected chi connectivity index (χ2v) is 10.2. The zero-order valence-corrected chi connectivity index (χ0v) is 26.5. The van der Waals surface area contributed by atoms with Crippen LogP contribution in [-0.4, -0.2) is 72.6 Å². The third-order valence-corrected chi connectivity index (χ3v) is 7.29. The molecule has 14 nitrogen and oxygen atoms in total.